The number of thiazole rings is 1. The van der Waals surface area contributed by atoms with Crippen molar-refractivity contribution in [2.45, 2.75) is 16.4 Å². The molecule has 0 aromatic carbocycles. The van der Waals surface area contributed by atoms with Crippen molar-refractivity contribution in [3.8, 4) is 0 Å². The number of hydrogen-bond donors (Lipinski definition) is 0. The van der Waals surface area contributed by atoms with Gasteiger partial charge in [-0.2, -0.15) is 0 Å². The van der Waals surface area contributed by atoms with Gasteiger partial charge in [-0.15, -0.1) is 16.4 Å². The van der Waals surface area contributed by atoms with Gasteiger partial charge >= 0.3 is 0 Å². The molecule has 68 valence electrons. The summed E-state index contributed by atoms with van der Waals surface area (Å²) in [4.78, 5) is 4.30. The predicted octanol–water partition coefficient (Wildman–Crippen LogP) is 1.13. The highest BCUT2D eigenvalue weighted by Gasteiger charge is 2.06. The maximum Gasteiger partial charge on any atom is 0.216 e. The second-order valence-electron chi connectivity index (χ2n) is 2.44. The van der Waals surface area contributed by atoms with E-state index in [9.17, 15) is 0 Å². The molecule has 0 radical (unpaired) electrons. The Kier molecular flexibility index (Phi) is 2.28. The number of hydrogen-bond acceptors (Lipinski definition) is 6. The molecule has 0 spiro atoms. The monoisotopic (exact) mass is 213 g/mol. The summed E-state index contributed by atoms with van der Waals surface area (Å²) in [6, 6.07) is 0. The molecule has 5 nitrogen and oxygen atoms in total. The Balaban J connectivity index is 2.19. The van der Waals surface area contributed by atoms with Gasteiger partial charge in [0.2, 0.25) is 5.16 Å². The number of nitrogens with zero attached hydrogens (tertiary/aromatic N) is 5. The van der Waals surface area contributed by atoms with Crippen LogP contribution in [-0.2, 0) is 7.05 Å². The quantitative estimate of drug-likeness (QED) is 0.748. The van der Waals surface area contributed by atoms with Crippen LogP contribution in [0.15, 0.2) is 14.9 Å². The first-order chi connectivity index (χ1) is 6.25. The zero-order chi connectivity index (χ0) is 9.26. The molecule has 0 aliphatic carbocycles. The fraction of sp³-hybridized carbons (Fsp3) is 0.333. The molecule has 13 heavy (non-hydrogen) atoms. The smallest absolute Gasteiger partial charge is 0.216 e. The molecule has 0 bridgehead atoms. The van der Waals surface area contributed by atoms with Gasteiger partial charge in [0.05, 0.1) is 0 Å². The highest BCUT2D eigenvalue weighted by molar-refractivity contribution is 8.00. The number of aryl methyl sites for hydroxylation is 2. The normalized spacial score (nSPS) is 10.6. The largest absolute Gasteiger partial charge is 0.235 e. The summed E-state index contributed by atoms with van der Waals surface area (Å²) in [6.07, 6.45) is 0. The van der Waals surface area contributed by atoms with Crippen molar-refractivity contribution in [1.29, 1.82) is 0 Å². The summed E-state index contributed by atoms with van der Waals surface area (Å²) >= 11 is 3.08. The van der Waals surface area contributed by atoms with Crippen LogP contribution in [0.3, 0.4) is 0 Å². The lowest BCUT2D eigenvalue weighted by Crippen LogP contribution is -1.92. The van der Waals surface area contributed by atoms with Gasteiger partial charge in [0.15, 0.2) is 4.34 Å². The number of aromatic nitrogens is 5. The Hall–Kier alpha value is -0.950. The first-order valence-corrected chi connectivity index (χ1v) is 5.27. The molecule has 2 heterocycles. The average Bonchev–Trinajstić information content (AvgIpc) is 2.64. The van der Waals surface area contributed by atoms with E-state index >= 15 is 0 Å². The van der Waals surface area contributed by atoms with Crippen LogP contribution in [0.25, 0.3) is 0 Å². The summed E-state index contributed by atoms with van der Waals surface area (Å²) in [5, 5.41) is 13.9. The Morgan fingerprint density at radius 1 is 1.54 bits per heavy atom. The van der Waals surface area contributed by atoms with Gasteiger partial charge in [0.1, 0.15) is 0 Å². The van der Waals surface area contributed by atoms with Crippen molar-refractivity contribution in [2.24, 2.45) is 7.05 Å². The minimum Gasteiger partial charge on any atom is -0.235 e. The topological polar surface area (TPSA) is 56.5 Å². The Morgan fingerprint density at radius 2 is 2.38 bits per heavy atom. The van der Waals surface area contributed by atoms with Gasteiger partial charge in [-0.3, -0.25) is 0 Å². The standard InChI is InChI=1S/C6H7N5S2/c1-4-3-12-6(7-4)13-5-8-9-10-11(5)2/h3H,1-2H3. The molecule has 2 aromatic heterocycles. The van der Waals surface area contributed by atoms with E-state index in [1.165, 1.54) is 11.8 Å². The van der Waals surface area contributed by atoms with Crippen LogP contribution in [0.4, 0.5) is 0 Å². The Labute approximate surface area is 83.2 Å². The Morgan fingerprint density at radius 3 is 2.92 bits per heavy atom. The van der Waals surface area contributed by atoms with Crippen molar-refractivity contribution in [2.75, 3.05) is 0 Å². The lowest BCUT2D eigenvalue weighted by atomic mass is 10.6. The van der Waals surface area contributed by atoms with Gasteiger partial charge in [-0.05, 0) is 29.1 Å². The van der Waals surface area contributed by atoms with Crippen LogP contribution in [0.2, 0.25) is 0 Å². The molecular formula is C6H7N5S2. The molecule has 0 N–H and O–H groups in total. The third-order valence-electron chi connectivity index (χ3n) is 1.36. The van der Waals surface area contributed by atoms with Crippen molar-refractivity contribution in [3.05, 3.63) is 11.1 Å². The Bertz CT molecular complexity index is 407. The highest BCUT2D eigenvalue weighted by Crippen LogP contribution is 2.27. The maximum absolute atomic E-state index is 4.30. The van der Waals surface area contributed by atoms with E-state index < -0.39 is 0 Å². The van der Waals surface area contributed by atoms with E-state index in [0.717, 1.165) is 15.2 Å². The molecule has 0 atom stereocenters. The molecule has 0 fully saturated rings. The highest BCUT2D eigenvalue weighted by atomic mass is 32.2. The van der Waals surface area contributed by atoms with E-state index in [1.807, 2.05) is 19.4 Å². The van der Waals surface area contributed by atoms with Gasteiger partial charge in [0.25, 0.3) is 0 Å². The molecule has 0 aliphatic heterocycles. The second kappa shape index (κ2) is 3.43. The molecular weight excluding hydrogens is 206 g/mol. The molecule has 0 unspecified atom stereocenters. The van der Waals surface area contributed by atoms with Crippen LogP contribution >= 0.6 is 23.1 Å². The number of tetrazole rings is 1. The van der Waals surface area contributed by atoms with Crippen molar-refractivity contribution in [3.63, 3.8) is 0 Å². The second-order valence-corrected chi connectivity index (χ2v) is 4.51. The average molecular weight is 213 g/mol. The molecule has 0 saturated heterocycles. The van der Waals surface area contributed by atoms with Crippen LogP contribution in [-0.4, -0.2) is 25.2 Å². The minimum absolute atomic E-state index is 0.759. The van der Waals surface area contributed by atoms with Crippen molar-refractivity contribution in [1.82, 2.24) is 25.2 Å². The molecule has 0 amide bonds. The van der Waals surface area contributed by atoms with Crippen LogP contribution in [0.1, 0.15) is 5.69 Å². The van der Waals surface area contributed by atoms with E-state index in [4.69, 9.17) is 0 Å². The molecule has 0 aliphatic rings. The summed E-state index contributed by atoms with van der Waals surface area (Å²) < 4.78 is 2.59. The zero-order valence-corrected chi connectivity index (χ0v) is 8.76. The van der Waals surface area contributed by atoms with Crippen LogP contribution in [0, 0.1) is 6.92 Å². The van der Waals surface area contributed by atoms with Gasteiger partial charge in [-0.25, -0.2) is 9.67 Å². The third-order valence-corrected chi connectivity index (χ3v) is 3.44. The van der Waals surface area contributed by atoms with E-state index in [0.29, 0.717) is 0 Å². The minimum atomic E-state index is 0.759. The molecule has 2 rings (SSSR count). The first kappa shape index (κ1) is 8.64. The fourth-order valence-electron chi connectivity index (χ4n) is 0.765. The number of rotatable bonds is 2. The molecule has 0 saturated carbocycles. The summed E-state index contributed by atoms with van der Waals surface area (Å²) in [5.74, 6) is 0. The molecule has 7 heteroatoms. The first-order valence-electron chi connectivity index (χ1n) is 3.58. The van der Waals surface area contributed by atoms with Crippen molar-refractivity contribution < 1.29 is 0 Å². The zero-order valence-electron chi connectivity index (χ0n) is 7.13. The van der Waals surface area contributed by atoms with Crippen molar-refractivity contribution >= 4 is 23.1 Å². The molecule has 2 aromatic rings. The van der Waals surface area contributed by atoms with E-state index in [2.05, 4.69) is 20.5 Å². The van der Waals surface area contributed by atoms with E-state index in [1.54, 1.807) is 16.0 Å². The SMILES string of the molecule is Cc1csc(Sc2nnnn2C)n1. The maximum atomic E-state index is 4.30. The van der Waals surface area contributed by atoms with Crippen LogP contribution in [0.5, 0.6) is 0 Å². The lowest BCUT2D eigenvalue weighted by molar-refractivity contribution is 0.664. The van der Waals surface area contributed by atoms with E-state index in [-0.39, 0.29) is 0 Å². The summed E-state index contributed by atoms with van der Waals surface area (Å²) in [5.41, 5.74) is 1.03. The van der Waals surface area contributed by atoms with Gasteiger partial charge < -0.3 is 0 Å². The van der Waals surface area contributed by atoms with Gasteiger partial charge in [-0.1, -0.05) is 0 Å². The lowest BCUT2D eigenvalue weighted by Gasteiger charge is -1.92. The predicted molar refractivity (Wildman–Crippen MR) is 49.8 cm³/mol. The van der Waals surface area contributed by atoms with Crippen LogP contribution < -0.4 is 0 Å². The van der Waals surface area contributed by atoms with Gasteiger partial charge in [0, 0.05) is 18.1 Å². The summed E-state index contributed by atoms with van der Waals surface area (Å²) in [7, 11) is 1.81. The summed E-state index contributed by atoms with van der Waals surface area (Å²) in [6.45, 7) is 1.97. The third kappa shape index (κ3) is 1.86. The fourth-order valence-corrected chi connectivity index (χ4v) is 2.44.